The van der Waals surface area contributed by atoms with E-state index in [-0.39, 0.29) is 18.2 Å². The van der Waals surface area contributed by atoms with Crippen molar-refractivity contribution in [3.8, 4) is 0 Å². The number of piperidine rings is 1. The molecule has 2 atom stereocenters. The number of esters is 1. The van der Waals surface area contributed by atoms with Gasteiger partial charge in [0.25, 0.3) is 0 Å². The first kappa shape index (κ1) is 15.7. The smallest absolute Gasteiger partial charge is 0.306 e. The Hall–Kier alpha value is -0.660. The fourth-order valence-corrected chi connectivity index (χ4v) is 5.05. The van der Waals surface area contributed by atoms with Gasteiger partial charge in [-0.25, -0.2) is 8.42 Å². The van der Waals surface area contributed by atoms with Crippen LogP contribution in [0.3, 0.4) is 0 Å². The van der Waals surface area contributed by atoms with Crippen LogP contribution in [0.4, 0.5) is 0 Å². The van der Waals surface area contributed by atoms with Gasteiger partial charge in [0.1, 0.15) is 0 Å². The maximum atomic E-state index is 12.4. The van der Waals surface area contributed by atoms with Gasteiger partial charge in [-0.15, -0.1) is 0 Å². The Morgan fingerprint density at radius 1 is 1.30 bits per heavy atom. The Bertz CT molecular complexity index is 439. The van der Waals surface area contributed by atoms with E-state index < -0.39 is 16.0 Å². The van der Waals surface area contributed by atoms with Crippen molar-refractivity contribution in [2.24, 2.45) is 0 Å². The third-order valence-electron chi connectivity index (χ3n) is 4.32. The summed E-state index contributed by atoms with van der Waals surface area (Å²) >= 11 is 0. The lowest BCUT2D eigenvalue weighted by Gasteiger charge is -2.36. The maximum absolute atomic E-state index is 12.4. The molecule has 6 nitrogen and oxygen atoms in total. The number of methoxy groups -OCH3 is 1. The van der Waals surface area contributed by atoms with Crippen LogP contribution < -0.4 is 5.32 Å². The monoisotopic (exact) mass is 304 g/mol. The molecule has 2 bridgehead atoms. The van der Waals surface area contributed by atoms with Gasteiger partial charge in [0.15, 0.2) is 0 Å². The van der Waals surface area contributed by atoms with E-state index in [2.05, 4.69) is 10.1 Å². The number of nitrogens with zero attached hydrogens (tertiary/aromatic N) is 1. The molecule has 0 spiro atoms. The molecule has 2 saturated heterocycles. The van der Waals surface area contributed by atoms with E-state index in [1.165, 1.54) is 7.11 Å². The molecule has 2 rings (SSSR count). The minimum atomic E-state index is -3.39. The molecule has 2 fully saturated rings. The average Bonchev–Trinajstić information content (AvgIpc) is 2.75. The second-order valence-corrected chi connectivity index (χ2v) is 7.65. The van der Waals surface area contributed by atoms with Gasteiger partial charge >= 0.3 is 5.97 Å². The van der Waals surface area contributed by atoms with Gasteiger partial charge < -0.3 is 10.1 Å². The van der Waals surface area contributed by atoms with Gasteiger partial charge in [-0.05, 0) is 25.7 Å². The summed E-state index contributed by atoms with van der Waals surface area (Å²) in [5, 5.41) is 3.51. The number of ether oxygens (including phenoxy) is 1. The summed E-state index contributed by atoms with van der Waals surface area (Å²) in [5.74, 6) is -0.637. The molecule has 2 aliphatic heterocycles. The average molecular weight is 304 g/mol. The standard InChI is InChI=1S/C13H24N2O4S/c1-3-15(20(17,18)7-6-13(16)19-2)12-8-10-4-5-11(9-12)14-10/h10-12,14H,3-9H2,1-2H3. The summed E-state index contributed by atoms with van der Waals surface area (Å²) in [5.41, 5.74) is 0. The Balaban J connectivity index is 2.01. The minimum Gasteiger partial charge on any atom is -0.469 e. The second-order valence-electron chi connectivity index (χ2n) is 5.61. The first-order valence-electron chi connectivity index (χ1n) is 7.28. The Morgan fingerprint density at radius 2 is 1.90 bits per heavy atom. The summed E-state index contributed by atoms with van der Waals surface area (Å²) in [6.45, 7) is 2.33. The number of rotatable bonds is 6. The minimum absolute atomic E-state index is 0.0707. The predicted octanol–water partition coefficient (Wildman–Crippen LogP) is 0.484. The molecule has 0 radical (unpaired) electrons. The normalized spacial score (nSPS) is 29.6. The van der Waals surface area contributed by atoms with Crippen LogP contribution in [0.1, 0.15) is 39.0 Å². The lowest BCUT2D eigenvalue weighted by molar-refractivity contribution is -0.140. The van der Waals surface area contributed by atoms with Gasteiger partial charge in [0, 0.05) is 24.7 Å². The van der Waals surface area contributed by atoms with Gasteiger partial charge in [-0.3, -0.25) is 4.79 Å². The summed E-state index contributed by atoms with van der Waals surface area (Å²) in [6, 6.07) is 0.966. The second kappa shape index (κ2) is 6.41. The van der Waals surface area contributed by atoms with E-state index >= 15 is 0 Å². The number of hydrogen-bond acceptors (Lipinski definition) is 5. The van der Waals surface area contributed by atoms with Crippen molar-refractivity contribution in [2.75, 3.05) is 19.4 Å². The molecular formula is C13H24N2O4S. The van der Waals surface area contributed by atoms with Crippen LogP contribution in [0.2, 0.25) is 0 Å². The third kappa shape index (κ3) is 3.51. The van der Waals surface area contributed by atoms with Crippen LogP contribution in [0.5, 0.6) is 0 Å². The first-order valence-corrected chi connectivity index (χ1v) is 8.89. The highest BCUT2D eigenvalue weighted by Crippen LogP contribution is 2.31. The SMILES string of the molecule is CCN(C1CC2CCC(C1)N2)S(=O)(=O)CCC(=O)OC. The molecule has 1 N–H and O–H groups in total. The van der Waals surface area contributed by atoms with E-state index in [9.17, 15) is 13.2 Å². The molecule has 0 aromatic heterocycles. The molecule has 20 heavy (non-hydrogen) atoms. The zero-order valence-electron chi connectivity index (χ0n) is 12.2. The largest absolute Gasteiger partial charge is 0.469 e. The topological polar surface area (TPSA) is 75.7 Å². The third-order valence-corrected chi connectivity index (χ3v) is 6.31. The van der Waals surface area contributed by atoms with E-state index in [4.69, 9.17) is 0 Å². The molecule has 2 aliphatic rings. The molecule has 0 aliphatic carbocycles. The maximum Gasteiger partial charge on any atom is 0.306 e. The van der Waals surface area contributed by atoms with Crippen molar-refractivity contribution in [1.82, 2.24) is 9.62 Å². The van der Waals surface area contributed by atoms with Gasteiger partial charge in [-0.1, -0.05) is 6.92 Å². The molecule has 116 valence electrons. The fraction of sp³-hybridized carbons (Fsp3) is 0.923. The molecule has 0 amide bonds. The lowest BCUT2D eigenvalue weighted by atomic mass is 10.00. The first-order chi connectivity index (χ1) is 9.46. The highest BCUT2D eigenvalue weighted by Gasteiger charge is 2.39. The van der Waals surface area contributed by atoms with Crippen molar-refractivity contribution in [1.29, 1.82) is 0 Å². The van der Waals surface area contributed by atoms with E-state index in [1.54, 1.807) is 4.31 Å². The molecular weight excluding hydrogens is 280 g/mol. The molecule has 7 heteroatoms. The van der Waals surface area contributed by atoms with Gasteiger partial charge in [-0.2, -0.15) is 4.31 Å². The summed E-state index contributed by atoms with van der Waals surface area (Å²) in [7, 11) is -2.12. The van der Waals surface area contributed by atoms with Crippen LogP contribution in [-0.4, -0.2) is 56.2 Å². The molecule has 0 saturated carbocycles. The zero-order chi connectivity index (χ0) is 14.8. The predicted molar refractivity (Wildman–Crippen MR) is 75.8 cm³/mol. The molecule has 2 heterocycles. The van der Waals surface area contributed by atoms with Crippen molar-refractivity contribution in [3.05, 3.63) is 0 Å². The quantitative estimate of drug-likeness (QED) is 0.723. The lowest BCUT2D eigenvalue weighted by Crippen LogP contribution is -2.50. The number of hydrogen-bond donors (Lipinski definition) is 1. The summed E-state index contributed by atoms with van der Waals surface area (Å²) < 4.78 is 30.9. The molecule has 0 aromatic rings. The van der Waals surface area contributed by atoms with Crippen LogP contribution in [0, 0.1) is 0 Å². The van der Waals surface area contributed by atoms with Crippen LogP contribution in [0.15, 0.2) is 0 Å². The van der Waals surface area contributed by atoms with Crippen molar-refractivity contribution < 1.29 is 17.9 Å². The van der Waals surface area contributed by atoms with Crippen molar-refractivity contribution >= 4 is 16.0 Å². The van der Waals surface area contributed by atoms with E-state index in [1.807, 2.05) is 6.92 Å². The number of sulfonamides is 1. The molecule has 0 aromatic carbocycles. The van der Waals surface area contributed by atoms with Gasteiger partial charge in [0.05, 0.1) is 19.3 Å². The van der Waals surface area contributed by atoms with E-state index in [0.717, 1.165) is 25.7 Å². The Kier molecular flexibility index (Phi) is 5.04. The number of fused-ring (bicyclic) bond motifs is 2. The number of carbonyl (C=O) groups is 1. The summed E-state index contributed by atoms with van der Waals surface area (Å²) in [4.78, 5) is 11.1. The fourth-order valence-electron chi connectivity index (χ4n) is 3.38. The van der Waals surface area contributed by atoms with Crippen LogP contribution in [-0.2, 0) is 19.6 Å². The summed E-state index contributed by atoms with van der Waals surface area (Å²) in [6.07, 6.45) is 3.96. The van der Waals surface area contributed by atoms with Crippen molar-refractivity contribution in [3.63, 3.8) is 0 Å². The van der Waals surface area contributed by atoms with Crippen LogP contribution in [0.25, 0.3) is 0 Å². The Morgan fingerprint density at radius 3 is 2.40 bits per heavy atom. The van der Waals surface area contributed by atoms with Crippen LogP contribution >= 0.6 is 0 Å². The van der Waals surface area contributed by atoms with Gasteiger partial charge in [0.2, 0.25) is 10.0 Å². The highest BCUT2D eigenvalue weighted by molar-refractivity contribution is 7.89. The van der Waals surface area contributed by atoms with Crippen molar-refractivity contribution in [2.45, 2.75) is 57.2 Å². The number of nitrogens with one attached hydrogen (secondary N) is 1. The van der Waals surface area contributed by atoms with E-state index in [0.29, 0.717) is 18.6 Å². The number of carbonyl (C=O) groups excluding carboxylic acids is 1. The molecule has 2 unspecified atom stereocenters. The highest BCUT2D eigenvalue weighted by atomic mass is 32.2. The zero-order valence-corrected chi connectivity index (χ0v) is 13.0. The Labute approximate surface area is 120 Å².